The largest absolute Gasteiger partial charge is 0.506 e. The number of anilines is 2. The molecule has 4 rings (SSSR count). The van der Waals surface area contributed by atoms with Crippen molar-refractivity contribution in [1.29, 1.82) is 0 Å². The van der Waals surface area contributed by atoms with E-state index in [9.17, 15) is 5.11 Å². The number of rotatable bonds is 4. The molecule has 0 saturated carbocycles. The van der Waals surface area contributed by atoms with E-state index in [0.717, 1.165) is 49.8 Å². The van der Waals surface area contributed by atoms with E-state index in [1.54, 1.807) is 11.5 Å². The van der Waals surface area contributed by atoms with Gasteiger partial charge in [0, 0.05) is 45.2 Å². The van der Waals surface area contributed by atoms with Crippen molar-refractivity contribution < 1.29 is 5.11 Å². The van der Waals surface area contributed by atoms with E-state index < -0.39 is 0 Å². The summed E-state index contributed by atoms with van der Waals surface area (Å²) < 4.78 is 5.92. The predicted octanol–water partition coefficient (Wildman–Crippen LogP) is 3.37. The number of aromatic hydroxyl groups is 1. The van der Waals surface area contributed by atoms with E-state index in [-0.39, 0.29) is 0 Å². The number of phenolic OH excluding ortho intramolecular Hbond substituents is 1. The van der Waals surface area contributed by atoms with Crippen LogP contribution in [0.25, 0.3) is 10.1 Å². The topological polar surface area (TPSA) is 51.6 Å². The third-order valence-corrected chi connectivity index (χ3v) is 5.58. The van der Waals surface area contributed by atoms with Crippen LogP contribution in [-0.4, -0.2) is 47.6 Å². The van der Waals surface area contributed by atoms with Crippen molar-refractivity contribution in [1.82, 2.24) is 9.27 Å². The van der Waals surface area contributed by atoms with E-state index in [0.29, 0.717) is 5.75 Å². The molecule has 25 heavy (non-hydrogen) atoms. The van der Waals surface area contributed by atoms with Gasteiger partial charge in [-0.3, -0.25) is 4.90 Å². The lowest BCUT2D eigenvalue weighted by molar-refractivity contribution is 0.249. The van der Waals surface area contributed by atoms with E-state index >= 15 is 0 Å². The summed E-state index contributed by atoms with van der Waals surface area (Å²) in [5.41, 5.74) is 1.91. The van der Waals surface area contributed by atoms with E-state index in [4.69, 9.17) is 0 Å². The fourth-order valence-electron chi connectivity index (χ4n) is 3.36. The van der Waals surface area contributed by atoms with Crippen molar-refractivity contribution in [3.63, 3.8) is 0 Å². The van der Waals surface area contributed by atoms with Gasteiger partial charge in [-0.15, -0.1) is 0 Å². The summed E-state index contributed by atoms with van der Waals surface area (Å²) in [6.07, 6.45) is 0. The van der Waals surface area contributed by atoms with Crippen LogP contribution in [0.15, 0.2) is 42.5 Å². The fraction of sp³-hybridized carbons (Fsp3) is 0.316. The maximum atomic E-state index is 9.99. The number of nitrogens with one attached hydrogen (secondary N) is 1. The number of piperazine rings is 1. The molecule has 2 N–H and O–H groups in total. The highest BCUT2D eigenvalue weighted by Gasteiger charge is 2.20. The molecule has 0 radical (unpaired) electrons. The molecule has 1 aliphatic heterocycles. The van der Waals surface area contributed by atoms with Crippen LogP contribution in [0.5, 0.6) is 5.75 Å². The van der Waals surface area contributed by atoms with Gasteiger partial charge in [0.25, 0.3) is 0 Å². The summed E-state index contributed by atoms with van der Waals surface area (Å²) in [4.78, 5) is 4.82. The second-order valence-electron chi connectivity index (χ2n) is 6.37. The van der Waals surface area contributed by atoms with Crippen molar-refractivity contribution in [3.8, 4) is 5.75 Å². The molecule has 0 spiro atoms. The number of hydrogen-bond acceptors (Lipinski definition) is 6. The third kappa shape index (κ3) is 3.27. The van der Waals surface area contributed by atoms with E-state index in [1.807, 2.05) is 19.2 Å². The third-order valence-electron chi connectivity index (χ3n) is 4.77. The van der Waals surface area contributed by atoms with Crippen molar-refractivity contribution in [2.45, 2.75) is 6.54 Å². The zero-order valence-electron chi connectivity index (χ0n) is 14.3. The summed E-state index contributed by atoms with van der Waals surface area (Å²) >= 11 is 1.58. The minimum absolute atomic E-state index is 0.313. The molecule has 6 heteroatoms. The summed E-state index contributed by atoms with van der Waals surface area (Å²) in [5, 5.41) is 14.2. The predicted molar refractivity (Wildman–Crippen MR) is 105 cm³/mol. The standard InChI is InChI=1S/C19H22N4OS/c1-20-16-7-6-14(12-17(16)24)13-22-8-10-23(11-9-22)19-15-4-2-3-5-18(15)25-21-19/h2-7,12,20,24H,8-11,13H2,1H3. The van der Waals surface area contributed by atoms with Crippen LogP contribution in [0.3, 0.4) is 0 Å². The highest BCUT2D eigenvalue weighted by Crippen LogP contribution is 2.30. The van der Waals surface area contributed by atoms with Crippen molar-refractivity contribution >= 4 is 33.1 Å². The fourth-order valence-corrected chi connectivity index (χ4v) is 4.16. The van der Waals surface area contributed by atoms with Crippen LogP contribution in [0.2, 0.25) is 0 Å². The molecule has 0 amide bonds. The van der Waals surface area contributed by atoms with Gasteiger partial charge < -0.3 is 15.3 Å². The zero-order valence-corrected chi connectivity index (χ0v) is 15.1. The van der Waals surface area contributed by atoms with Crippen LogP contribution in [0.1, 0.15) is 5.56 Å². The Bertz CT molecular complexity index is 871. The van der Waals surface area contributed by atoms with Gasteiger partial charge in [-0.1, -0.05) is 18.2 Å². The lowest BCUT2D eigenvalue weighted by atomic mass is 10.1. The number of aromatic nitrogens is 1. The lowest BCUT2D eigenvalue weighted by Gasteiger charge is -2.35. The lowest BCUT2D eigenvalue weighted by Crippen LogP contribution is -2.46. The highest BCUT2D eigenvalue weighted by molar-refractivity contribution is 7.13. The maximum absolute atomic E-state index is 9.99. The van der Waals surface area contributed by atoms with Crippen molar-refractivity contribution in [2.75, 3.05) is 43.4 Å². The SMILES string of the molecule is CNc1ccc(CN2CCN(c3nsc4ccccc34)CC2)cc1O. The number of nitrogens with zero attached hydrogens (tertiary/aromatic N) is 3. The van der Waals surface area contributed by atoms with Gasteiger partial charge >= 0.3 is 0 Å². The maximum Gasteiger partial charge on any atom is 0.150 e. The number of benzene rings is 2. The quantitative estimate of drug-likeness (QED) is 0.704. The molecule has 0 unspecified atom stereocenters. The molecule has 0 aliphatic carbocycles. The van der Waals surface area contributed by atoms with Gasteiger partial charge in [0.15, 0.2) is 0 Å². The Morgan fingerprint density at radius 1 is 1.12 bits per heavy atom. The Morgan fingerprint density at radius 2 is 1.92 bits per heavy atom. The van der Waals surface area contributed by atoms with Gasteiger partial charge in [-0.05, 0) is 41.4 Å². The average molecular weight is 354 g/mol. The number of phenols is 1. The van der Waals surface area contributed by atoms with Crippen LogP contribution >= 0.6 is 11.5 Å². The molecule has 2 heterocycles. The van der Waals surface area contributed by atoms with Gasteiger partial charge in [-0.2, -0.15) is 4.37 Å². The Hall–Kier alpha value is -2.31. The first-order valence-corrected chi connectivity index (χ1v) is 9.33. The molecule has 2 aromatic carbocycles. The van der Waals surface area contributed by atoms with E-state index in [2.05, 4.69) is 49.8 Å². The summed E-state index contributed by atoms with van der Waals surface area (Å²) in [7, 11) is 1.82. The zero-order chi connectivity index (χ0) is 17.2. The molecule has 130 valence electrons. The Balaban J connectivity index is 1.41. The van der Waals surface area contributed by atoms with E-state index in [1.165, 1.54) is 10.1 Å². The minimum atomic E-state index is 0.313. The van der Waals surface area contributed by atoms with Crippen LogP contribution < -0.4 is 10.2 Å². The summed E-state index contributed by atoms with van der Waals surface area (Å²) in [6.45, 7) is 4.83. The van der Waals surface area contributed by atoms with Crippen molar-refractivity contribution in [2.24, 2.45) is 0 Å². The highest BCUT2D eigenvalue weighted by atomic mass is 32.1. The smallest absolute Gasteiger partial charge is 0.150 e. The molecule has 0 bridgehead atoms. The molecule has 1 saturated heterocycles. The Kier molecular flexibility index (Phi) is 4.46. The first-order valence-electron chi connectivity index (χ1n) is 8.56. The monoisotopic (exact) mass is 354 g/mol. The minimum Gasteiger partial charge on any atom is -0.506 e. The van der Waals surface area contributed by atoms with Gasteiger partial charge in [0.2, 0.25) is 0 Å². The Labute approximate surface area is 151 Å². The Morgan fingerprint density at radius 3 is 2.68 bits per heavy atom. The van der Waals surface area contributed by atoms with Gasteiger partial charge in [0.1, 0.15) is 11.6 Å². The van der Waals surface area contributed by atoms with Gasteiger partial charge in [0.05, 0.1) is 10.4 Å². The average Bonchev–Trinajstić information content (AvgIpc) is 3.07. The number of hydrogen-bond donors (Lipinski definition) is 2. The number of fused-ring (bicyclic) bond motifs is 1. The molecule has 0 atom stereocenters. The first-order chi connectivity index (χ1) is 12.2. The second kappa shape index (κ2) is 6.90. The van der Waals surface area contributed by atoms with Crippen LogP contribution in [0, 0.1) is 0 Å². The molecule has 3 aromatic rings. The summed E-state index contributed by atoms with van der Waals surface area (Å²) in [5.74, 6) is 1.43. The molecule has 1 aliphatic rings. The second-order valence-corrected chi connectivity index (χ2v) is 7.17. The molecule has 1 fully saturated rings. The van der Waals surface area contributed by atoms with Gasteiger partial charge in [-0.25, -0.2) is 0 Å². The van der Waals surface area contributed by atoms with Crippen LogP contribution in [0.4, 0.5) is 11.5 Å². The van der Waals surface area contributed by atoms with Crippen LogP contribution in [-0.2, 0) is 6.54 Å². The molecule has 5 nitrogen and oxygen atoms in total. The molecular weight excluding hydrogens is 332 g/mol. The normalized spacial score (nSPS) is 15.6. The molecular formula is C19H22N4OS. The first kappa shape index (κ1) is 16.2. The molecule has 1 aromatic heterocycles. The van der Waals surface area contributed by atoms with Crippen molar-refractivity contribution in [3.05, 3.63) is 48.0 Å². The summed E-state index contributed by atoms with van der Waals surface area (Å²) in [6, 6.07) is 14.3.